The second kappa shape index (κ2) is 6.03. The quantitative estimate of drug-likeness (QED) is 0.569. The molecule has 0 fully saturated rings. The number of rotatable bonds is 3. The van der Waals surface area contributed by atoms with Crippen molar-refractivity contribution in [1.29, 1.82) is 0 Å². The molecule has 3 rings (SSSR count). The molecule has 0 aliphatic carbocycles. The summed E-state index contributed by atoms with van der Waals surface area (Å²) in [6, 6.07) is 10.2. The number of carbonyl (C=O) groups is 1. The van der Waals surface area contributed by atoms with Gasteiger partial charge in [0, 0.05) is 5.56 Å². The molecule has 4 N–H and O–H groups in total. The Labute approximate surface area is 146 Å². The molecule has 1 aliphatic rings. The van der Waals surface area contributed by atoms with Gasteiger partial charge in [-0.25, -0.2) is 0 Å². The van der Waals surface area contributed by atoms with E-state index in [2.05, 4.69) is 10.6 Å². The Morgan fingerprint density at radius 1 is 1.17 bits per heavy atom. The molecule has 0 unspecified atom stereocenters. The van der Waals surface area contributed by atoms with Gasteiger partial charge in [-0.1, -0.05) is 53.5 Å². The number of nitrogens with one attached hydrogen (secondary N) is 2. The van der Waals surface area contributed by atoms with Crippen LogP contribution in [0, 0.1) is 10.1 Å². The van der Waals surface area contributed by atoms with Crippen LogP contribution in [0.3, 0.4) is 0 Å². The molecule has 0 saturated heterocycles. The van der Waals surface area contributed by atoms with Crippen molar-refractivity contribution in [2.24, 2.45) is 5.73 Å². The zero-order valence-electron chi connectivity index (χ0n) is 12.0. The first-order valence-corrected chi connectivity index (χ1v) is 7.45. The molecular weight excluding hydrogens is 355 g/mol. The van der Waals surface area contributed by atoms with Crippen LogP contribution in [0.25, 0.3) is 5.70 Å². The molecule has 2 aromatic rings. The lowest BCUT2D eigenvalue weighted by Crippen LogP contribution is -2.27. The highest BCUT2D eigenvalue weighted by Crippen LogP contribution is 2.47. The number of anilines is 2. The number of nitro benzene ring substituents is 1. The smallest absolute Gasteiger partial charge is 0.314 e. The largest absolute Gasteiger partial charge is 0.364 e. The molecule has 1 amide bonds. The molecule has 0 atom stereocenters. The fraction of sp³-hybridized carbons (Fsp3) is 0. The highest BCUT2D eigenvalue weighted by atomic mass is 35.5. The highest BCUT2D eigenvalue weighted by molar-refractivity contribution is 6.44. The van der Waals surface area contributed by atoms with Gasteiger partial charge in [0.05, 0.1) is 21.3 Å². The second-order valence-corrected chi connectivity index (χ2v) is 5.72. The van der Waals surface area contributed by atoms with Crippen LogP contribution in [-0.2, 0) is 4.79 Å². The van der Waals surface area contributed by atoms with Gasteiger partial charge in [-0.2, -0.15) is 0 Å². The minimum absolute atomic E-state index is 0.0107. The number of halogens is 2. The fourth-order valence-corrected chi connectivity index (χ4v) is 2.82. The maximum Gasteiger partial charge on any atom is 0.314 e. The minimum atomic E-state index is -0.722. The molecule has 2 aromatic carbocycles. The van der Waals surface area contributed by atoms with E-state index in [1.165, 1.54) is 6.07 Å². The lowest BCUT2D eigenvalue weighted by atomic mass is 10.1. The Kier molecular flexibility index (Phi) is 4.04. The van der Waals surface area contributed by atoms with Gasteiger partial charge in [0.25, 0.3) is 5.91 Å². The molecule has 0 spiro atoms. The number of fused-ring (bicyclic) bond motifs is 1. The van der Waals surface area contributed by atoms with Crippen molar-refractivity contribution < 1.29 is 9.72 Å². The van der Waals surface area contributed by atoms with E-state index < -0.39 is 10.8 Å². The number of nitrogens with two attached hydrogens (primary N) is 1. The predicted molar refractivity (Wildman–Crippen MR) is 92.9 cm³/mol. The second-order valence-electron chi connectivity index (χ2n) is 4.93. The summed E-state index contributed by atoms with van der Waals surface area (Å²) in [5.74, 6) is -0.722. The van der Waals surface area contributed by atoms with Gasteiger partial charge >= 0.3 is 5.69 Å². The van der Waals surface area contributed by atoms with Gasteiger partial charge in [-0.3, -0.25) is 14.9 Å². The third kappa shape index (κ3) is 2.64. The Morgan fingerprint density at radius 2 is 1.83 bits per heavy atom. The van der Waals surface area contributed by atoms with Crippen molar-refractivity contribution in [3.05, 3.63) is 67.8 Å². The standard InChI is InChI=1S/C15H10Cl2N4O3/c16-8-6-9-12(14(10(8)17)21(23)24)20-11(13(19-9)15(18)22)7-4-2-1-3-5-7/h1-6,19-20H,(H2,18,22). The van der Waals surface area contributed by atoms with Crippen molar-refractivity contribution in [3.8, 4) is 0 Å². The van der Waals surface area contributed by atoms with Gasteiger partial charge in [0.15, 0.2) is 0 Å². The Balaban J connectivity index is 2.23. The maximum absolute atomic E-state index is 11.8. The minimum Gasteiger partial charge on any atom is -0.364 e. The van der Waals surface area contributed by atoms with E-state index in [9.17, 15) is 14.9 Å². The van der Waals surface area contributed by atoms with Crippen LogP contribution in [0.4, 0.5) is 17.1 Å². The molecule has 9 heteroatoms. The summed E-state index contributed by atoms with van der Waals surface area (Å²) >= 11 is 11.9. The molecule has 0 radical (unpaired) electrons. The average molecular weight is 365 g/mol. The summed E-state index contributed by atoms with van der Waals surface area (Å²) in [5.41, 5.74) is 6.41. The summed E-state index contributed by atoms with van der Waals surface area (Å²) in [5, 5.41) is 16.9. The number of hydrogen-bond acceptors (Lipinski definition) is 5. The third-order valence-electron chi connectivity index (χ3n) is 3.45. The van der Waals surface area contributed by atoms with Gasteiger partial charge in [-0.15, -0.1) is 0 Å². The molecule has 0 saturated carbocycles. The molecule has 122 valence electrons. The van der Waals surface area contributed by atoms with E-state index in [-0.39, 0.29) is 32.8 Å². The van der Waals surface area contributed by atoms with Crippen molar-refractivity contribution in [3.63, 3.8) is 0 Å². The van der Waals surface area contributed by atoms with E-state index in [4.69, 9.17) is 28.9 Å². The Hall–Kier alpha value is -2.77. The zero-order valence-corrected chi connectivity index (χ0v) is 13.5. The number of hydrogen-bond donors (Lipinski definition) is 3. The first-order valence-electron chi connectivity index (χ1n) is 6.70. The number of nitrogens with zero attached hydrogens (tertiary/aromatic N) is 1. The lowest BCUT2D eigenvalue weighted by Gasteiger charge is -2.25. The van der Waals surface area contributed by atoms with Gasteiger partial charge in [-0.05, 0) is 6.07 Å². The van der Waals surface area contributed by atoms with Gasteiger partial charge in [0.2, 0.25) is 0 Å². The van der Waals surface area contributed by atoms with Crippen LogP contribution in [0.2, 0.25) is 10.0 Å². The average Bonchev–Trinajstić information content (AvgIpc) is 2.55. The molecule has 7 nitrogen and oxygen atoms in total. The van der Waals surface area contributed by atoms with E-state index in [1.54, 1.807) is 30.3 Å². The summed E-state index contributed by atoms with van der Waals surface area (Å²) in [4.78, 5) is 22.5. The van der Waals surface area contributed by atoms with Gasteiger partial charge < -0.3 is 16.4 Å². The van der Waals surface area contributed by atoms with E-state index in [0.717, 1.165) is 0 Å². The first kappa shape index (κ1) is 16.1. The Morgan fingerprint density at radius 3 is 2.42 bits per heavy atom. The molecule has 24 heavy (non-hydrogen) atoms. The lowest BCUT2D eigenvalue weighted by molar-refractivity contribution is -0.383. The summed E-state index contributed by atoms with van der Waals surface area (Å²) in [7, 11) is 0. The monoisotopic (exact) mass is 364 g/mol. The van der Waals surface area contributed by atoms with E-state index >= 15 is 0 Å². The molecule has 1 aliphatic heterocycles. The van der Waals surface area contributed by atoms with Crippen LogP contribution in [0.15, 0.2) is 42.1 Å². The summed E-state index contributed by atoms with van der Waals surface area (Å²) in [6.45, 7) is 0. The third-order valence-corrected chi connectivity index (χ3v) is 4.22. The van der Waals surface area contributed by atoms with Crippen LogP contribution in [0.5, 0.6) is 0 Å². The summed E-state index contributed by atoms with van der Waals surface area (Å²) < 4.78 is 0. The summed E-state index contributed by atoms with van der Waals surface area (Å²) in [6.07, 6.45) is 0. The van der Waals surface area contributed by atoms with E-state index in [0.29, 0.717) is 11.3 Å². The van der Waals surface area contributed by atoms with Crippen LogP contribution in [0.1, 0.15) is 5.56 Å². The highest BCUT2D eigenvalue weighted by Gasteiger charge is 2.31. The predicted octanol–water partition coefficient (Wildman–Crippen LogP) is 3.59. The van der Waals surface area contributed by atoms with Crippen LogP contribution >= 0.6 is 23.2 Å². The topological polar surface area (TPSA) is 110 Å². The first-order chi connectivity index (χ1) is 11.4. The molecule has 0 aromatic heterocycles. The fourth-order valence-electron chi connectivity index (χ4n) is 2.40. The van der Waals surface area contributed by atoms with Crippen LogP contribution in [-0.4, -0.2) is 10.8 Å². The number of carbonyl (C=O) groups excluding carboxylic acids is 1. The van der Waals surface area contributed by atoms with Crippen LogP contribution < -0.4 is 16.4 Å². The molecule has 1 heterocycles. The van der Waals surface area contributed by atoms with Crippen molar-refractivity contribution >= 4 is 51.9 Å². The van der Waals surface area contributed by atoms with Crippen molar-refractivity contribution in [2.45, 2.75) is 0 Å². The number of amides is 1. The van der Waals surface area contributed by atoms with Crippen molar-refractivity contribution in [2.75, 3.05) is 10.6 Å². The molecule has 0 bridgehead atoms. The van der Waals surface area contributed by atoms with E-state index in [1.807, 2.05) is 0 Å². The zero-order chi connectivity index (χ0) is 17.4. The number of primary amides is 1. The molecular formula is C15H10Cl2N4O3. The SMILES string of the molecule is NC(=O)C1=C(c2ccccc2)Nc2c(cc(Cl)c(Cl)c2[N+](=O)[O-])N1. The number of nitro groups is 1. The maximum atomic E-state index is 11.8. The normalized spacial score (nSPS) is 12.9. The number of benzene rings is 2. The van der Waals surface area contributed by atoms with Crippen molar-refractivity contribution in [1.82, 2.24) is 0 Å². The van der Waals surface area contributed by atoms with Gasteiger partial charge in [0.1, 0.15) is 16.4 Å². The Bertz CT molecular complexity index is 897.